The normalized spacial score (nSPS) is 23.0. The van der Waals surface area contributed by atoms with Crippen molar-refractivity contribution < 1.29 is 32.6 Å². The number of ether oxygens (including phenoxy) is 1. The number of carbonyl (C=O) groups is 2. The van der Waals surface area contributed by atoms with Gasteiger partial charge in [-0.15, -0.1) is 0 Å². The Balaban J connectivity index is 1.17. The van der Waals surface area contributed by atoms with Crippen LogP contribution in [0.3, 0.4) is 0 Å². The number of rotatable bonds is 7. The van der Waals surface area contributed by atoms with E-state index in [2.05, 4.69) is 20.5 Å². The molecule has 38 heavy (non-hydrogen) atoms. The topological polar surface area (TPSA) is 104 Å². The van der Waals surface area contributed by atoms with Crippen LogP contribution >= 0.6 is 11.3 Å². The fourth-order valence-corrected chi connectivity index (χ4v) is 5.84. The number of nitrogens with one attached hydrogen (secondary N) is 2. The summed E-state index contributed by atoms with van der Waals surface area (Å²) in [7, 11) is 0. The summed E-state index contributed by atoms with van der Waals surface area (Å²) < 4.78 is 44.3. The van der Waals surface area contributed by atoms with Crippen molar-refractivity contribution in [3.63, 3.8) is 0 Å². The second-order valence-electron chi connectivity index (χ2n) is 10.9. The molecule has 12 heteroatoms. The molecule has 4 rings (SSSR count). The van der Waals surface area contributed by atoms with Gasteiger partial charge in [0.15, 0.2) is 0 Å². The highest BCUT2D eigenvalue weighted by atomic mass is 32.1. The van der Waals surface area contributed by atoms with Gasteiger partial charge in [-0.25, -0.2) is 4.98 Å². The molecule has 2 amide bonds. The van der Waals surface area contributed by atoms with Crippen molar-refractivity contribution in [3.8, 4) is 5.19 Å². The second-order valence-corrected chi connectivity index (χ2v) is 11.9. The number of carbonyl (C=O) groups excluding carboxylic acids is 2. The van der Waals surface area contributed by atoms with Gasteiger partial charge in [-0.3, -0.25) is 14.5 Å². The van der Waals surface area contributed by atoms with Crippen molar-refractivity contribution in [2.45, 2.75) is 75.9 Å². The molecule has 2 heterocycles. The average molecular weight is 555 g/mol. The van der Waals surface area contributed by atoms with E-state index in [9.17, 15) is 27.9 Å². The van der Waals surface area contributed by atoms with Crippen LogP contribution in [0.15, 0.2) is 30.5 Å². The first-order valence-corrected chi connectivity index (χ1v) is 13.4. The Bertz CT molecular complexity index is 1150. The first kappa shape index (κ1) is 28.3. The Hall–Kier alpha value is -2.70. The van der Waals surface area contributed by atoms with Crippen molar-refractivity contribution in [2.24, 2.45) is 0 Å². The molecule has 3 N–H and O–H groups in total. The van der Waals surface area contributed by atoms with Crippen LogP contribution in [0, 0.1) is 0 Å². The van der Waals surface area contributed by atoms with Gasteiger partial charge in [0.2, 0.25) is 5.91 Å². The van der Waals surface area contributed by atoms with Gasteiger partial charge in [0, 0.05) is 30.9 Å². The van der Waals surface area contributed by atoms with Crippen LogP contribution in [0.25, 0.3) is 0 Å². The van der Waals surface area contributed by atoms with Crippen LogP contribution in [0.5, 0.6) is 5.19 Å². The molecule has 1 aliphatic carbocycles. The molecule has 0 bridgehead atoms. The van der Waals surface area contributed by atoms with Crippen LogP contribution in [-0.4, -0.2) is 64.1 Å². The summed E-state index contributed by atoms with van der Waals surface area (Å²) >= 11 is 1.38. The predicted molar refractivity (Wildman–Crippen MR) is 136 cm³/mol. The first-order valence-electron chi connectivity index (χ1n) is 12.6. The summed E-state index contributed by atoms with van der Waals surface area (Å²) in [4.78, 5) is 31.8. The van der Waals surface area contributed by atoms with Crippen molar-refractivity contribution >= 4 is 23.2 Å². The number of aromatic nitrogens is 1. The molecule has 208 valence electrons. The van der Waals surface area contributed by atoms with Crippen molar-refractivity contribution in [1.29, 1.82) is 0 Å². The number of alkyl halides is 3. The van der Waals surface area contributed by atoms with Gasteiger partial charge in [-0.2, -0.15) is 13.2 Å². The molecule has 0 radical (unpaired) electrons. The summed E-state index contributed by atoms with van der Waals surface area (Å²) in [5.74, 6) is -1.14. The number of likely N-dealkylation sites (tertiary alicyclic amines) is 1. The van der Waals surface area contributed by atoms with Crippen LogP contribution in [0.1, 0.15) is 67.3 Å². The number of hydrogen-bond acceptors (Lipinski definition) is 7. The largest absolute Gasteiger partial charge is 0.464 e. The van der Waals surface area contributed by atoms with Crippen LogP contribution in [-0.2, 0) is 16.6 Å². The van der Waals surface area contributed by atoms with E-state index in [0.29, 0.717) is 37.2 Å². The monoisotopic (exact) mass is 554 g/mol. The van der Waals surface area contributed by atoms with E-state index >= 15 is 0 Å². The molecule has 1 aromatic heterocycles. The van der Waals surface area contributed by atoms with E-state index in [-0.39, 0.29) is 23.8 Å². The molecule has 2 fully saturated rings. The molecule has 2 aromatic rings. The Labute approximate surface area is 223 Å². The highest BCUT2D eigenvalue weighted by Crippen LogP contribution is 2.43. The maximum Gasteiger partial charge on any atom is 0.416 e. The molecule has 1 aliphatic heterocycles. The smallest absolute Gasteiger partial charge is 0.416 e. The first-order chi connectivity index (χ1) is 17.7. The maximum atomic E-state index is 12.8. The fraction of sp³-hybridized carbons (Fsp3) is 0.577. The number of halogens is 3. The quantitative estimate of drug-likeness (QED) is 0.482. The van der Waals surface area contributed by atoms with E-state index in [1.54, 1.807) is 6.20 Å². The van der Waals surface area contributed by atoms with E-state index in [4.69, 9.17) is 4.74 Å². The Morgan fingerprint density at radius 1 is 1.21 bits per heavy atom. The summed E-state index contributed by atoms with van der Waals surface area (Å²) in [6, 6.07) is 4.32. The molecule has 0 unspecified atom stereocenters. The minimum absolute atomic E-state index is 0.0626. The summed E-state index contributed by atoms with van der Waals surface area (Å²) in [5.41, 5.74) is -2.34. The Morgan fingerprint density at radius 3 is 2.53 bits per heavy atom. The summed E-state index contributed by atoms with van der Waals surface area (Å²) in [5, 5.41) is 17.0. The highest BCUT2D eigenvalue weighted by Gasteiger charge is 2.41. The van der Waals surface area contributed by atoms with E-state index in [1.807, 2.05) is 20.8 Å². The Kier molecular flexibility index (Phi) is 8.06. The lowest BCUT2D eigenvalue weighted by Crippen LogP contribution is -2.63. The van der Waals surface area contributed by atoms with Crippen LogP contribution < -0.4 is 15.4 Å². The summed E-state index contributed by atoms with van der Waals surface area (Å²) in [6.45, 7) is 6.87. The lowest BCUT2D eigenvalue weighted by molar-refractivity contribution is -0.137. The molecular formula is C26H33F3N4O4S. The SMILES string of the molecule is CC(C)(C)Oc1ncc([C@]2(O)CC[C@H](N3CC(NC(=O)CNC(=O)c4cccc(C(F)(F)F)c4)C3)CC2)s1. The second kappa shape index (κ2) is 10.8. The van der Waals surface area contributed by atoms with Crippen LogP contribution in [0.2, 0.25) is 0 Å². The molecule has 1 aromatic carbocycles. The van der Waals surface area contributed by atoms with Gasteiger partial charge in [0.05, 0.1) is 23.0 Å². The minimum atomic E-state index is -4.55. The lowest BCUT2D eigenvalue weighted by atomic mass is 9.80. The number of thiazole rings is 1. The zero-order valence-electron chi connectivity index (χ0n) is 21.6. The third kappa shape index (κ3) is 7.03. The third-order valence-corrected chi connectivity index (χ3v) is 7.84. The van der Waals surface area contributed by atoms with Crippen molar-refractivity contribution in [2.75, 3.05) is 19.6 Å². The van der Waals surface area contributed by atoms with Gasteiger partial charge >= 0.3 is 6.18 Å². The molecule has 2 aliphatic rings. The average Bonchev–Trinajstić information content (AvgIpc) is 3.27. The van der Waals surface area contributed by atoms with E-state index < -0.39 is 29.2 Å². The van der Waals surface area contributed by atoms with E-state index in [1.165, 1.54) is 17.4 Å². The number of benzene rings is 1. The molecular weight excluding hydrogens is 521 g/mol. The van der Waals surface area contributed by atoms with Gasteiger partial charge in [-0.1, -0.05) is 17.4 Å². The highest BCUT2D eigenvalue weighted by molar-refractivity contribution is 7.13. The standard InChI is InChI=1S/C26H33F3N4O4S/c1-24(2,3)37-23-31-12-20(38-23)25(36)9-7-19(8-10-25)33-14-18(15-33)32-21(34)13-30-22(35)16-5-4-6-17(11-16)26(27,28)29/h4-6,11-12,18-19,36H,7-10,13-15H2,1-3H3,(H,30,35)(H,32,34)/t19-,25-. The number of amides is 2. The van der Waals surface area contributed by atoms with Crippen molar-refractivity contribution in [3.05, 3.63) is 46.5 Å². The predicted octanol–water partition coefficient (Wildman–Crippen LogP) is 3.70. The number of nitrogens with zero attached hydrogens (tertiary/aromatic N) is 2. The molecule has 0 spiro atoms. The van der Waals surface area contributed by atoms with Gasteiger partial charge in [0.1, 0.15) is 11.2 Å². The lowest BCUT2D eigenvalue weighted by Gasteiger charge is -2.48. The molecule has 0 atom stereocenters. The van der Waals surface area contributed by atoms with Crippen LogP contribution in [0.4, 0.5) is 13.2 Å². The molecule has 8 nitrogen and oxygen atoms in total. The van der Waals surface area contributed by atoms with Gasteiger partial charge in [-0.05, 0) is 64.7 Å². The minimum Gasteiger partial charge on any atom is -0.464 e. The number of hydrogen-bond donors (Lipinski definition) is 3. The number of aliphatic hydroxyl groups is 1. The van der Waals surface area contributed by atoms with Gasteiger partial charge < -0.3 is 20.5 Å². The zero-order valence-corrected chi connectivity index (χ0v) is 22.4. The fourth-order valence-electron chi connectivity index (χ4n) is 4.75. The summed E-state index contributed by atoms with van der Waals surface area (Å²) in [6.07, 6.45) is 0.0164. The maximum absolute atomic E-state index is 12.8. The van der Waals surface area contributed by atoms with E-state index in [0.717, 1.165) is 35.9 Å². The zero-order chi connectivity index (χ0) is 27.7. The molecule has 1 saturated heterocycles. The third-order valence-electron chi connectivity index (χ3n) is 6.77. The van der Waals surface area contributed by atoms with Gasteiger partial charge in [0.25, 0.3) is 11.1 Å². The molecule has 1 saturated carbocycles. The Morgan fingerprint density at radius 2 is 1.89 bits per heavy atom. The van der Waals surface area contributed by atoms with Crippen molar-refractivity contribution in [1.82, 2.24) is 20.5 Å².